The van der Waals surface area contributed by atoms with Gasteiger partial charge in [-0.15, -0.1) is 0 Å². The minimum atomic E-state index is -2.89. The average Bonchev–Trinajstić information content (AvgIpc) is 2.26. The van der Waals surface area contributed by atoms with Crippen molar-refractivity contribution in [1.82, 2.24) is 0 Å². The second-order valence-electron chi connectivity index (χ2n) is 3.95. The highest BCUT2D eigenvalue weighted by atomic mass is 32.2. The van der Waals surface area contributed by atoms with Gasteiger partial charge in [0.25, 0.3) is 0 Å². The summed E-state index contributed by atoms with van der Waals surface area (Å²) in [7, 11) is 0.296. The van der Waals surface area contributed by atoms with E-state index in [9.17, 15) is 8.42 Å². The van der Waals surface area contributed by atoms with Crippen LogP contribution in [-0.4, -0.2) is 34.6 Å². The van der Waals surface area contributed by atoms with Gasteiger partial charge in [0.2, 0.25) is 0 Å². The number of ether oxygens (including phenoxy) is 2. The number of rotatable bonds is 6. The minimum absolute atomic E-state index is 0.201. The molecule has 0 amide bonds. The molecule has 1 aromatic carbocycles. The zero-order valence-electron chi connectivity index (χ0n) is 10.4. The fraction of sp³-hybridized carbons (Fsp3) is 0.500. The van der Waals surface area contributed by atoms with Gasteiger partial charge in [-0.25, -0.2) is 8.42 Å². The van der Waals surface area contributed by atoms with Crippen LogP contribution in [0.4, 0.5) is 0 Å². The standard InChI is InChI=1S/C12H18O4S/c1-15-11-7-10(8-12(9-11)16-2)5-4-6-17(3,13)14/h7-9H,4-6H2,1-3H3. The Labute approximate surface area is 102 Å². The second-order valence-corrected chi connectivity index (χ2v) is 6.21. The van der Waals surface area contributed by atoms with Crippen LogP contribution in [0, 0.1) is 0 Å². The maximum Gasteiger partial charge on any atom is 0.147 e. The summed E-state index contributed by atoms with van der Waals surface area (Å²) in [5.41, 5.74) is 1.02. The Kier molecular flexibility index (Phi) is 4.81. The molecule has 0 spiro atoms. The van der Waals surface area contributed by atoms with Crippen molar-refractivity contribution < 1.29 is 17.9 Å². The fourth-order valence-electron chi connectivity index (χ4n) is 1.55. The molecule has 1 aromatic rings. The summed E-state index contributed by atoms with van der Waals surface area (Å²) in [4.78, 5) is 0. The molecule has 5 heteroatoms. The van der Waals surface area contributed by atoms with Crippen LogP contribution in [-0.2, 0) is 16.3 Å². The number of aryl methyl sites for hydroxylation is 1. The quantitative estimate of drug-likeness (QED) is 0.779. The maximum atomic E-state index is 11.0. The lowest BCUT2D eigenvalue weighted by atomic mass is 10.1. The fourth-order valence-corrected chi connectivity index (χ4v) is 2.22. The number of benzene rings is 1. The summed E-state index contributed by atoms with van der Waals surface area (Å²) >= 11 is 0. The molecular weight excluding hydrogens is 240 g/mol. The van der Waals surface area contributed by atoms with Gasteiger partial charge in [-0.3, -0.25) is 0 Å². The molecule has 0 bridgehead atoms. The molecule has 0 aromatic heterocycles. The molecule has 0 N–H and O–H groups in total. The highest BCUT2D eigenvalue weighted by molar-refractivity contribution is 7.90. The van der Waals surface area contributed by atoms with Crippen molar-refractivity contribution in [2.24, 2.45) is 0 Å². The Bertz CT molecular complexity index is 443. The number of hydrogen-bond donors (Lipinski definition) is 0. The van der Waals surface area contributed by atoms with E-state index in [1.165, 1.54) is 6.26 Å². The first-order chi connectivity index (χ1) is 7.94. The van der Waals surface area contributed by atoms with Crippen LogP contribution >= 0.6 is 0 Å². The van der Waals surface area contributed by atoms with Gasteiger partial charge in [-0.2, -0.15) is 0 Å². The maximum absolute atomic E-state index is 11.0. The van der Waals surface area contributed by atoms with Crippen LogP contribution in [0.1, 0.15) is 12.0 Å². The van der Waals surface area contributed by atoms with Crippen LogP contribution in [0.25, 0.3) is 0 Å². The van der Waals surface area contributed by atoms with Crippen molar-refractivity contribution in [2.75, 3.05) is 26.2 Å². The molecule has 0 saturated heterocycles. The number of sulfone groups is 1. The Hall–Kier alpha value is -1.23. The largest absolute Gasteiger partial charge is 0.497 e. The first kappa shape index (κ1) is 13.8. The lowest BCUT2D eigenvalue weighted by Crippen LogP contribution is -2.04. The Balaban J connectivity index is 2.70. The van der Waals surface area contributed by atoms with E-state index in [2.05, 4.69) is 0 Å². The van der Waals surface area contributed by atoms with Gasteiger partial charge >= 0.3 is 0 Å². The van der Waals surface area contributed by atoms with Gasteiger partial charge in [-0.1, -0.05) is 0 Å². The van der Waals surface area contributed by atoms with Crippen molar-refractivity contribution in [1.29, 1.82) is 0 Å². The third-order valence-electron chi connectivity index (χ3n) is 2.39. The van der Waals surface area contributed by atoms with Crippen molar-refractivity contribution in [3.8, 4) is 11.5 Å². The predicted octanol–water partition coefficient (Wildman–Crippen LogP) is 1.68. The smallest absolute Gasteiger partial charge is 0.147 e. The van der Waals surface area contributed by atoms with Crippen LogP contribution in [0.5, 0.6) is 11.5 Å². The van der Waals surface area contributed by atoms with E-state index in [0.717, 1.165) is 17.1 Å². The zero-order chi connectivity index (χ0) is 12.9. The van der Waals surface area contributed by atoms with Gasteiger partial charge in [-0.05, 0) is 30.5 Å². The van der Waals surface area contributed by atoms with Crippen molar-refractivity contribution in [3.05, 3.63) is 23.8 Å². The monoisotopic (exact) mass is 258 g/mol. The zero-order valence-corrected chi connectivity index (χ0v) is 11.2. The highest BCUT2D eigenvalue weighted by Gasteiger charge is 2.05. The van der Waals surface area contributed by atoms with E-state index in [-0.39, 0.29) is 5.75 Å². The Morgan fingerprint density at radius 3 is 2.00 bits per heavy atom. The predicted molar refractivity (Wildman–Crippen MR) is 67.6 cm³/mol. The van der Waals surface area contributed by atoms with Crippen molar-refractivity contribution in [2.45, 2.75) is 12.8 Å². The molecule has 0 atom stereocenters. The molecule has 1 rings (SSSR count). The summed E-state index contributed by atoms with van der Waals surface area (Å²) in [6.45, 7) is 0. The molecule has 4 nitrogen and oxygen atoms in total. The average molecular weight is 258 g/mol. The van der Waals surface area contributed by atoms with E-state index in [0.29, 0.717) is 12.8 Å². The van der Waals surface area contributed by atoms with E-state index >= 15 is 0 Å². The van der Waals surface area contributed by atoms with Crippen molar-refractivity contribution >= 4 is 9.84 Å². The third-order valence-corrected chi connectivity index (χ3v) is 3.42. The lowest BCUT2D eigenvalue weighted by Gasteiger charge is -2.08. The second kappa shape index (κ2) is 5.91. The van der Waals surface area contributed by atoms with Crippen molar-refractivity contribution in [3.63, 3.8) is 0 Å². The van der Waals surface area contributed by atoms with Gasteiger partial charge in [0.05, 0.1) is 20.0 Å². The van der Waals surface area contributed by atoms with Gasteiger partial charge < -0.3 is 9.47 Å². The summed E-state index contributed by atoms with van der Waals surface area (Å²) in [5.74, 6) is 1.64. The van der Waals surface area contributed by atoms with Gasteiger partial charge in [0.1, 0.15) is 21.3 Å². The van der Waals surface area contributed by atoms with Gasteiger partial charge in [0, 0.05) is 12.3 Å². The van der Waals surface area contributed by atoms with Crippen LogP contribution in [0.3, 0.4) is 0 Å². The van der Waals surface area contributed by atoms with Gasteiger partial charge in [0.15, 0.2) is 0 Å². The van der Waals surface area contributed by atoms with E-state index in [1.54, 1.807) is 20.3 Å². The number of hydrogen-bond acceptors (Lipinski definition) is 4. The lowest BCUT2D eigenvalue weighted by molar-refractivity contribution is 0.393. The molecule has 0 aliphatic heterocycles. The molecular formula is C12H18O4S. The van der Waals surface area contributed by atoms with Crippen LogP contribution < -0.4 is 9.47 Å². The summed E-state index contributed by atoms with van der Waals surface area (Å²) in [6.07, 6.45) is 2.55. The highest BCUT2D eigenvalue weighted by Crippen LogP contribution is 2.23. The molecule has 96 valence electrons. The molecule has 0 saturated carbocycles. The van der Waals surface area contributed by atoms with E-state index in [4.69, 9.17) is 9.47 Å². The number of methoxy groups -OCH3 is 2. The molecule has 0 aliphatic carbocycles. The van der Waals surface area contributed by atoms with Crippen LogP contribution in [0.15, 0.2) is 18.2 Å². The molecule has 0 heterocycles. The SMILES string of the molecule is COc1cc(CCCS(C)(=O)=O)cc(OC)c1. The molecule has 0 radical (unpaired) electrons. The molecule has 0 aliphatic rings. The first-order valence-corrected chi connectivity index (χ1v) is 7.40. The van der Waals surface area contributed by atoms with E-state index in [1.807, 2.05) is 12.1 Å². The molecule has 0 fully saturated rings. The topological polar surface area (TPSA) is 52.6 Å². The Morgan fingerprint density at radius 1 is 1.06 bits per heavy atom. The molecule has 0 unspecified atom stereocenters. The Morgan fingerprint density at radius 2 is 1.59 bits per heavy atom. The minimum Gasteiger partial charge on any atom is -0.497 e. The normalized spacial score (nSPS) is 11.2. The molecule has 17 heavy (non-hydrogen) atoms. The van der Waals surface area contributed by atoms with E-state index < -0.39 is 9.84 Å². The first-order valence-electron chi connectivity index (χ1n) is 5.34. The summed E-state index contributed by atoms with van der Waals surface area (Å²) in [6, 6.07) is 5.58. The van der Waals surface area contributed by atoms with Crippen LogP contribution in [0.2, 0.25) is 0 Å². The summed E-state index contributed by atoms with van der Waals surface area (Å²) in [5, 5.41) is 0. The summed E-state index contributed by atoms with van der Waals surface area (Å²) < 4.78 is 32.3. The third kappa shape index (κ3) is 5.08.